The third-order valence-corrected chi connectivity index (χ3v) is 1.18. The minimum Gasteiger partial charge on any atom is -0.389 e. The van der Waals surface area contributed by atoms with Gasteiger partial charge in [0.25, 0.3) is 0 Å². The second-order valence-electron chi connectivity index (χ2n) is 1.50. The van der Waals surface area contributed by atoms with Crippen molar-refractivity contribution in [1.82, 2.24) is 0 Å². The molecular formula is C6H9BrO. The molecule has 1 atom stereocenters. The van der Waals surface area contributed by atoms with Crippen LogP contribution in [-0.2, 0) is 0 Å². The molecule has 0 unspecified atom stereocenters. The van der Waals surface area contributed by atoms with Crippen LogP contribution in [0.5, 0.6) is 0 Å². The molecule has 0 heterocycles. The van der Waals surface area contributed by atoms with Crippen LogP contribution in [0.3, 0.4) is 0 Å². The molecule has 0 spiro atoms. The van der Waals surface area contributed by atoms with Crippen LogP contribution in [0.1, 0.15) is 6.92 Å². The predicted molar refractivity (Wildman–Crippen MR) is 38.9 cm³/mol. The van der Waals surface area contributed by atoms with Crippen molar-refractivity contribution in [2.45, 2.75) is 13.0 Å². The number of halogens is 1. The summed E-state index contributed by atoms with van der Waals surface area (Å²) in [6.07, 6.45) is 2.89. The van der Waals surface area contributed by atoms with Crippen molar-refractivity contribution in [3.8, 4) is 0 Å². The molecule has 46 valence electrons. The van der Waals surface area contributed by atoms with E-state index in [1.54, 1.807) is 19.1 Å². The van der Waals surface area contributed by atoms with Crippen molar-refractivity contribution in [3.63, 3.8) is 0 Å². The molecule has 0 bridgehead atoms. The van der Waals surface area contributed by atoms with Gasteiger partial charge in [-0.25, -0.2) is 0 Å². The maximum Gasteiger partial charge on any atom is 0.0706 e. The van der Waals surface area contributed by atoms with Crippen molar-refractivity contribution in [2.24, 2.45) is 0 Å². The molecule has 0 aromatic heterocycles. The van der Waals surface area contributed by atoms with Gasteiger partial charge in [0.15, 0.2) is 0 Å². The second kappa shape index (κ2) is 3.87. The fraction of sp³-hybridized carbons (Fsp3) is 0.333. The van der Waals surface area contributed by atoms with Gasteiger partial charge >= 0.3 is 0 Å². The Hall–Kier alpha value is -0.0800. The zero-order chi connectivity index (χ0) is 6.57. The molecule has 0 saturated carbocycles. The third kappa shape index (κ3) is 4.09. The topological polar surface area (TPSA) is 20.2 Å². The lowest BCUT2D eigenvalue weighted by molar-refractivity contribution is 0.244. The molecule has 0 aromatic rings. The zero-order valence-corrected chi connectivity index (χ0v) is 6.35. The highest BCUT2D eigenvalue weighted by Gasteiger charge is 1.87. The van der Waals surface area contributed by atoms with Crippen molar-refractivity contribution in [1.29, 1.82) is 0 Å². The molecule has 1 nitrogen and oxygen atoms in total. The summed E-state index contributed by atoms with van der Waals surface area (Å²) >= 11 is 3.16. The van der Waals surface area contributed by atoms with Crippen LogP contribution in [0.25, 0.3) is 0 Å². The van der Waals surface area contributed by atoms with Crippen molar-refractivity contribution < 1.29 is 5.11 Å². The molecule has 0 saturated heterocycles. The van der Waals surface area contributed by atoms with E-state index < -0.39 is 6.10 Å². The second-order valence-corrected chi connectivity index (χ2v) is 2.41. The lowest BCUT2D eigenvalue weighted by atomic mass is 10.3. The number of aliphatic hydroxyl groups excluding tert-OH is 1. The molecule has 0 radical (unpaired) electrons. The highest BCUT2D eigenvalue weighted by molar-refractivity contribution is 9.11. The number of aliphatic hydroxyl groups is 1. The first-order valence-corrected chi connectivity index (χ1v) is 3.14. The maximum atomic E-state index is 8.70. The molecule has 1 N–H and O–H groups in total. The van der Waals surface area contributed by atoms with E-state index in [-0.39, 0.29) is 0 Å². The lowest BCUT2D eigenvalue weighted by Gasteiger charge is -1.92. The maximum absolute atomic E-state index is 8.70. The van der Waals surface area contributed by atoms with Gasteiger partial charge in [-0.1, -0.05) is 28.6 Å². The molecule has 0 amide bonds. The SMILES string of the molecule is C=C/C(Br)=C/[C@H](C)O. The Labute approximate surface area is 57.8 Å². The molecule has 0 aliphatic carbocycles. The van der Waals surface area contributed by atoms with Gasteiger partial charge in [0.2, 0.25) is 0 Å². The van der Waals surface area contributed by atoms with Crippen LogP contribution >= 0.6 is 15.9 Å². The molecule has 2 heteroatoms. The fourth-order valence-corrected chi connectivity index (χ4v) is 0.681. The number of allylic oxidation sites excluding steroid dienone is 2. The van der Waals surface area contributed by atoms with Gasteiger partial charge < -0.3 is 5.11 Å². The Kier molecular flexibility index (Phi) is 3.83. The van der Waals surface area contributed by atoms with E-state index >= 15 is 0 Å². The zero-order valence-electron chi connectivity index (χ0n) is 4.76. The molecule has 8 heavy (non-hydrogen) atoms. The van der Waals surface area contributed by atoms with Crippen LogP contribution in [0, 0.1) is 0 Å². The fourth-order valence-electron chi connectivity index (χ4n) is 0.298. The van der Waals surface area contributed by atoms with E-state index in [0.29, 0.717) is 0 Å². The molecule has 0 aliphatic rings. The van der Waals surface area contributed by atoms with Gasteiger partial charge in [0.05, 0.1) is 6.10 Å². The van der Waals surface area contributed by atoms with E-state index in [1.807, 2.05) is 0 Å². The molecule has 0 aromatic carbocycles. The third-order valence-electron chi connectivity index (χ3n) is 0.595. The van der Waals surface area contributed by atoms with Gasteiger partial charge in [0.1, 0.15) is 0 Å². The predicted octanol–water partition coefficient (Wildman–Crippen LogP) is 1.83. The average molecular weight is 177 g/mol. The van der Waals surface area contributed by atoms with Crippen LogP contribution in [0.2, 0.25) is 0 Å². The average Bonchev–Trinajstić information content (AvgIpc) is 1.65. The van der Waals surface area contributed by atoms with Crippen molar-refractivity contribution >= 4 is 15.9 Å². The first-order valence-electron chi connectivity index (χ1n) is 2.34. The van der Waals surface area contributed by atoms with E-state index in [2.05, 4.69) is 22.5 Å². The Morgan fingerprint density at radius 3 is 2.50 bits per heavy atom. The first kappa shape index (κ1) is 7.92. The summed E-state index contributed by atoms with van der Waals surface area (Å²) in [6.45, 7) is 5.17. The largest absolute Gasteiger partial charge is 0.389 e. The van der Waals surface area contributed by atoms with Crippen molar-refractivity contribution in [2.75, 3.05) is 0 Å². The summed E-state index contributed by atoms with van der Waals surface area (Å²) in [5, 5.41) is 8.70. The number of hydrogen-bond acceptors (Lipinski definition) is 1. The molecular weight excluding hydrogens is 168 g/mol. The summed E-state index contributed by atoms with van der Waals surface area (Å²) in [5.74, 6) is 0. The summed E-state index contributed by atoms with van der Waals surface area (Å²) in [4.78, 5) is 0. The normalized spacial score (nSPS) is 15.6. The van der Waals surface area contributed by atoms with E-state index in [1.165, 1.54) is 0 Å². The lowest BCUT2D eigenvalue weighted by Crippen LogP contribution is -1.91. The van der Waals surface area contributed by atoms with E-state index in [9.17, 15) is 0 Å². The summed E-state index contributed by atoms with van der Waals surface area (Å²) in [6, 6.07) is 0. The van der Waals surface area contributed by atoms with Gasteiger partial charge in [0, 0.05) is 4.48 Å². The monoisotopic (exact) mass is 176 g/mol. The number of rotatable bonds is 2. The Balaban J connectivity index is 3.74. The van der Waals surface area contributed by atoms with Crippen molar-refractivity contribution in [3.05, 3.63) is 23.2 Å². The summed E-state index contributed by atoms with van der Waals surface area (Å²) in [5.41, 5.74) is 0. The Morgan fingerprint density at radius 2 is 2.38 bits per heavy atom. The van der Waals surface area contributed by atoms with Crippen LogP contribution in [-0.4, -0.2) is 11.2 Å². The van der Waals surface area contributed by atoms with Crippen LogP contribution in [0.15, 0.2) is 23.2 Å². The minimum atomic E-state index is -0.401. The van der Waals surface area contributed by atoms with Gasteiger partial charge in [-0.2, -0.15) is 0 Å². The highest BCUT2D eigenvalue weighted by atomic mass is 79.9. The first-order chi connectivity index (χ1) is 3.66. The Morgan fingerprint density at radius 1 is 1.88 bits per heavy atom. The van der Waals surface area contributed by atoms with Crippen LogP contribution < -0.4 is 0 Å². The standard InChI is InChI=1S/C6H9BrO/c1-3-6(7)4-5(2)8/h3-5,8H,1H2,2H3/b6-4-/t5-/m0/s1. The summed E-state index contributed by atoms with van der Waals surface area (Å²) < 4.78 is 0.826. The molecule has 0 aliphatic heterocycles. The quantitative estimate of drug-likeness (QED) is 0.638. The Bertz CT molecular complexity index is 105. The number of hydrogen-bond donors (Lipinski definition) is 1. The smallest absolute Gasteiger partial charge is 0.0706 e. The van der Waals surface area contributed by atoms with Gasteiger partial charge in [-0.05, 0) is 13.0 Å². The van der Waals surface area contributed by atoms with Gasteiger partial charge in [-0.15, -0.1) is 0 Å². The summed E-state index contributed by atoms with van der Waals surface area (Å²) in [7, 11) is 0. The molecule has 0 fully saturated rings. The van der Waals surface area contributed by atoms with E-state index in [4.69, 9.17) is 5.11 Å². The minimum absolute atomic E-state index is 0.401. The van der Waals surface area contributed by atoms with Crippen LogP contribution in [0.4, 0.5) is 0 Å². The van der Waals surface area contributed by atoms with E-state index in [0.717, 1.165) is 4.48 Å². The molecule has 0 rings (SSSR count). The van der Waals surface area contributed by atoms with Gasteiger partial charge in [-0.3, -0.25) is 0 Å². The highest BCUT2D eigenvalue weighted by Crippen LogP contribution is 2.05.